The average Bonchev–Trinajstić information content (AvgIpc) is 2.31. The monoisotopic (exact) mass is 271 g/mol. The lowest BCUT2D eigenvalue weighted by atomic mass is 10.1. The number of pyridine rings is 1. The van der Waals surface area contributed by atoms with Crippen LogP contribution in [0.1, 0.15) is 0 Å². The Morgan fingerprint density at radius 3 is 2.47 bits per heavy atom. The summed E-state index contributed by atoms with van der Waals surface area (Å²) in [6, 6.07) is 6.46. The van der Waals surface area contributed by atoms with Crippen LogP contribution in [0, 0.1) is 5.82 Å². The van der Waals surface area contributed by atoms with Gasteiger partial charge in [0.15, 0.2) is 0 Å². The van der Waals surface area contributed by atoms with E-state index in [1.807, 2.05) is 0 Å². The van der Waals surface area contributed by atoms with Gasteiger partial charge in [-0.2, -0.15) is 0 Å². The molecule has 0 spiro atoms. The van der Waals surface area contributed by atoms with Crippen LogP contribution in [0.3, 0.4) is 0 Å². The first kappa shape index (κ1) is 12.1. The fourth-order valence-corrected chi connectivity index (χ4v) is 2.08. The second kappa shape index (κ2) is 4.90. The number of benzene rings is 1. The Kier molecular flexibility index (Phi) is 3.50. The van der Waals surface area contributed by atoms with Crippen molar-refractivity contribution in [1.82, 2.24) is 4.98 Å². The van der Waals surface area contributed by atoms with Crippen LogP contribution in [0.25, 0.3) is 11.1 Å². The summed E-state index contributed by atoms with van der Waals surface area (Å²) in [5.74, 6) is -0.196. The highest BCUT2D eigenvalue weighted by atomic mass is 35.5. The van der Waals surface area contributed by atoms with Gasteiger partial charge in [-0.05, 0) is 12.1 Å². The lowest BCUT2D eigenvalue weighted by molar-refractivity contribution is 0.396. The van der Waals surface area contributed by atoms with E-state index in [0.717, 1.165) is 6.20 Å². The lowest BCUT2D eigenvalue weighted by Gasteiger charge is -2.09. The molecule has 0 radical (unpaired) electrons. The van der Waals surface area contributed by atoms with Crippen LogP contribution in [0.5, 0.6) is 5.88 Å². The molecular weight excluding hydrogens is 264 g/mol. The van der Waals surface area contributed by atoms with Crippen molar-refractivity contribution in [2.75, 3.05) is 7.11 Å². The van der Waals surface area contributed by atoms with Crippen molar-refractivity contribution in [2.45, 2.75) is 0 Å². The fourth-order valence-electron chi connectivity index (χ4n) is 1.48. The van der Waals surface area contributed by atoms with E-state index in [1.54, 1.807) is 18.2 Å². The summed E-state index contributed by atoms with van der Waals surface area (Å²) < 4.78 is 18.7. The highest BCUT2D eigenvalue weighted by Crippen LogP contribution is 2.36. The maximum atomic E-state index is 13.7. The van der Waals surface area contributed by atoms with Gasteiger partial charge in [-0.15, -0.1) is 0 Å². The van der Waals surface area contributed by atoms with Crippen molar-refractivity contribution in [3.8, 4) is 17.0 Å². The molecule has 0 saturated carbocycles. The predicted molar refractivity (Wildman–Crippen MR) is 66.2 cm³/mol. The zero-order valence-corrected chi connectivity index (χ0v) is 10.4. The van der Waals surface area contributed by atoms with E-state index < -0.39 is 5.82 Å². The van der Waals surface area contributed by atoms with E-state index in [4.69, 9.17) is 27.9 Å². The highest BCUT2D eigenvalue weighted by molar-refractivity contribution is 6.39. The van der Waals surface area contributed by atoms with Crippen molar-refractivity contribution >= 4 is 23.2 Å². The standard InChI is InChI=1S/C12H8Cl2FNO/c1-17-11-5-7(10(15)6-16-11)12-8(13)3-2-4-9(12)14/h2-6H,1H3. The largest absolute Gasteiger partial charge is 0.481 e. The second-order valence-electron chi connectivity index (χ2n) is 3.30. The summed E-state index contributed by atoms with van der Waals surface area (Å²) in [4.78, 5) is 3.76. The average molecular weight is 272 g/mol. The third-order valence-electron chi connectivity index (χ3n) is 2.27. The van der Waals surface area contributed by atoms with Crippen LogP contribution in [0.4, 0.5) is 4.39 Å². The Morgan fingerprint density at radius 2 is 1.88 bits per heavy atom. The first-order chi connectivity index (χ1) is 8.13. The molecule has 0 unspecified atom stereocenters. The molecule has 0 atom stereocenters. The summed E-state index contributed by atoms with van der Waals surface area (Å²) in [7, 11) is 1.46. The van der Waals surface area contributed by atoms with Gasteiger partial charge >= 0.3 is 0 Å². The third-order valence-corrected chi connectivity index (χ3v) is 2.90. The first-order valence-corrected chi connectivity index (χ1v) is 5.53. The summed E-state index contributed by atoms with van der Waals surface area (Å²) in [5.41, 5.74) is 0.710. The summed E-state index contributed by atoms with van der Waals surface area (Å²) in [5, 5.41) is 0.759. The third kappa shape index (κ3) is 2.35. The van der Waals surface area contributed by atoms with Crippen LogP contribution in [0.15, 0.2) is 30.5 Å². The summed E-state index contributed by atoms with van der Waals surface area (Å²) in [6.45, 7) is 0. The van der Waals surface area contributed by atoms with Crippen LogP contribution in [-0.4, -0.2) is 12.1 Å². The number of rotatable bonds is 2. The molecule has 5 heteroatoms. The van der Waals surface area contributed by atoms with E-state index in [2.05, 4.69) is 4.98 Å². The molecular formula is C12H8Cl2FNO. The van der Waals surface area contributed by atoms with Gasteiger partial charge in [0.2, 0.25) is 5.88 Å². The van der Waals surface area contributed by atoms with Crippen LogP contribution in [0.2, 0.25) is 10.0 Å². The minimum absolute atomic E-state index is 0.271. The molecule has 0 N–H and O–H groups in total. The zero-order valence-electron chi connectivity index (χ0n) is 8.88. The first-order valence-electron chi connectivity index (χ1n) is 4.77. The minimum atomic E-state index is -0.499. The van der Waals surface area contributed by atoms with Gasteiger partial charge in [-0.3, -0.25) is 0 Å². The summed E-state index contributed by atoms with van der Waals surface area (Å²) in [6.07, 6.45) is 1.08. The van der Waals surface area contributed by atoms with Gasteiger partial charge in [0.05, 0.1) is 13.3 Å². The molecule has 0 aliphatic rings. The molecule has 2 nitrogen and oxygen atoms in total. The molecule has 1 aromatic heterocycles. The minimum Gasteiger partial charge on any atom is -0.481 e. The topological polar surface area (TPSA) is 22.1 Å². The van der Waals surface area contributed by atoms with E-state index in [1.165, 1.54) is 13.2 Å². The van der Waals surface area contributed by atoms with Gasteiger partial charge in [0, 0.05) is 27.2 Å². The second-order valence-corrected chi connectivity index (χ2v) is 4.12. The van der Waals surface area contributed by atoms with Crippen molar-refractivity contribution in [3.05, 3.63) is 46.3 Å². The fraction of sp³-hybridized carbons (Fsp3) is 0.0833. The quantitative estimate of drug-likeness (QED) is 0.817. The van der Waals surface area contributed by atoms with Crippen molar-refractivity contribution < 1.29 is 9.13 Å². The van der Waals surface area contributed by atoms with Gasteiger partial charge in [-0.25, -0.2) is 9.37 Å². The number of nitrogens with zero attached hydrogens (tertiary/aromatic N) is 1. The van der Waals surface area contributed by atoms with Gasteiger partial charge in [0.1, 0.15) is 5.82 Å². The smallest absolute Gasteiger partial charge is 0.213 e. The van der Waals surface area contributed by atoms with E-state index >= 15 is 0 Å². The van der Waals surface area contributed by atoms with E-state index in [-0.39, 0.29) is 5.56 Å². The van der Waals surface area contributed by atoms with Crippen LogP contribution >= 0.6 is 23.2 Å². The number of aromatic nitrogens is 1. The number of ether oxygens (including phenoxy) is 1. The molecule has 88 valence electrons. The Balaban J connectivity index is 2.67. The Labute approximate surface area is 108 Å². The molecule has 0 bridgehead atoms. The normalized spacial score (nSPS) is 10.4. The van der Waals surface area contributed by atoms with Gasteiger partial charge in [0.25, 0.3) is 0 Å². The maximum absolute atomic E-state index is 13.7. The molecule has 0 saturated heterocycles. The molecule has 17 heavy (non-hydrogen) atoms. The Bertz CT molecular complexity index is 540. The molecule has 1 heterocycles. The molecule has 0 fully saturated rings. The maximum Gasteiger partial charge on any atom is 0.213 e. The number of methoxy groups -OCH3 is 1. The lowest BCUT2D eigenvalue weighted by Crippen LogP contribution is -1.92. The van der Waals surface area contributed by atoms with E-state index in [9.17, 15) is 4.39 Å². The van der Waals surface area contributed by atoms with Crippen LogP contribution < -0.4 is 4.74 Å². The highest BCUT2D eigenvalue weighted by Gasteiger charge is 2.14. The van der Waals surface area contributed by atoms with Gasteiger partial charge in [-0.1, -0.05) is 29.3 Å². The number of hydrogen-bond acceptors (Lipinski definition) is 2. The number of halogens is 3. The van der Waals surface area contributed by atoms with Crippen LogP contribution in [-0.2, 0) is 0 Å². The molecule has 0 aliphatic heterocycles. The zero-order chi connectivity index (χ0) is 12.4. The van der Waals surface area contributed by atoms with Crippen molar-refractivity contribution in [3.63, 3.8) is 0 Å². The molecule has 1 aromatic carbocycles. The van der Waals surface area contributed by atoms with Crippen molar-refractivity contribution in [1.29, 1.82) is 0 Å². The Hall–Kier alpha value is -1.32. The molecule has 0 aliphatic carbocycles. The Morgan fingerprint density at radius 1 is 1.24 bits per heavy atom. The predicted octanol–water partition coefficient (Wildman–Crippen LogP) is 4.20. The molecule has 2 rings (SSSR count). The van der Waals surface area contributed by atoms with E-state index in [0.29, 0.717) is 21.5 Å². The van der Waals surface area contributed by atoms with Crippen molar-refractivity contribution in [2.24, 2.45) is 0 Å². The molecule has 2 aromatic rings. The number of hydrogen-bond donors (Lipinski definition) is 0. The van der Waals surface area contributed by atoms with Gasteiger partial charge < -0.3 is 4.74 Å². The molecule has 0 amide bonds. The SMILES string of the molecule is COc1cc(-c2c(Cl)cccc2Cl)c(F)cn1. The summed E-state index contributed by atoms with van der Waals surface area (Å²) >= 11 is 12.0.